The molecule has 0 fully saturated rings. The number of benzene rings is 3. The fourth-order valence-electron chi connectivity index (χ4n) is 7.02. The Labute approximate surface area is 287 Å². The van der Waals surface area contributed by atoms with Crippen LogP contribution in [0.4, 0.5) is 0 Å². The van der Waals surface area contributed by atoms with Crippen molar-refractivity contribution in [2.24, 2.45) is 0 Å². The number of pyridine rings is 2. The van der Waals surface area contributed by atoms with E-state index in [4.69, 9.17) is 20.4 Å². The van der Waals surface area contributed by atoms with Crippen LogP contribution in [0, 0.1) is 0 Å². The van der Waals surface area contributed by atoms with E-state index in [2.05, 4.69) is 104 Å². The van der Waals surface area contributed by atoms with Crippen LogP contribution in [0.1, 0.15) is 43.4 Å². The summed E-state index contributed by atoms with van der Waals surface area (Å²) in [6.07, 6.45) is 11.3. The maximum absolute atomic E-state index is 4.95. The summed E-state index contributed by atoms with van der Waals surface area (Å²) >= 11 is 7.41. The van der Waals surface area contributed by atoms with Crippen LogP contribution in [0.15, 0.2) is 112 Å². The lowest BCUT2D eigenvalue weighted by Crippen LogP contribution is -2.17. The molecule has 0 aliphatic heterocycles. The first-order chi connectivity index (χ1) is 22.9. The third kappa shape index (κ3) is 4.46. The van der Waals surface area contributed by atoms with Crippen molar-refractivity contribution in [2.45, 2.75) is 32.1 Å². The number of halogens is 2. The zero-order valence-corrected chi connectivity index (χ0v) is 28.7. The molecule has 0 saturated carbocycles. The zero-order chi connectivity index (χ0) is 31.9. The second kappa shape index (κ2) is 10.6. The molecule has 0 unspecified atom stereocenters. The average Bonchev–Trinajstić information content (AvgIpc) is 3.81. The first-order valence-corrected chi connectivity index (χ1v) is 17.0. The Morgan fingerprint density at radius 2 is 1.13 bits per heavy atom. The maximum atomic E-state index is 4.95. The van der Waals surface area contributed by atoms with Gasteiger partial charge in [0.15, 0.2) is 0 Å². The number of rotatable bonds is 4. The smallest absolute Gasteiger partial charge is 0.128 e. The summed E-state index contributed by atoms with van der Waals surface area (Å²) in [6.45, 7) is 4.68. The highest BCUT2D eigenvalue weighted by atomic mass is 79.9. The minimum Gasteiger partial charge on any atom is -0.265 e. The van der Waals surface area contributed by atoms with E-state index in [1.807, 2.05) is 24.3 Å². The Balaban J connectivity index is 1.12. The molecule has 0 atom stereocenters. The van der Waals surface area contributed by atoms with Gasteiger partial charge >= 0.3 is 0 Å². The molecule has 47 heavy (non-hydrogen) atoms. The summed E-state index contributed by atoms with van der Waals surface area (Å²) in [4.78, 5) is 11.7. The van der Waals surface area contributed by atoms with Crippen molar-refractivity contribution in [2.75, 3.05) is 0 Å². The standard InChI is InChI=1S/C37H26Br2N8/c1-37(2)29-19-21(25-7-9-31(38)35-33(25)42-46(44-35)23-11-15-40-16-12-23)3-5-27(29)28-6-4-22(20-30(28)37)26-8-10-32(39)36-34(26)43-47(45-36)24-13-17-41-18-14-24/h3,5,7-20H,4,6H2,1-2H3. The molecular formula is C37H26Br2N8. The minimum absolute atomic E-state index is 0.182. The second-order valence-corrected chi connectivity index (χ2v) is 14.1. The van der Waals surface area contributed by atoms with Gasteiger partial charge in [0, 0.05) is 50.3 Å². The highest BCUT2D eigenvalue weighted by molar-refractivity contribution is 9.11. The zero-order valence-electron chi connectivity index (χ0n) is 25.5. The topological polar surface area (TPSA) is 87.2 Å². The fraction of sp³-hybridized carbons (Fsp3) is 0.135. The molecule has 0 saturated heterocycles. The molecule has 9 rings (SSSR count). The predicted molar refractivity (Wildman–Crippen MR) is 191 cm³/mol. The Morgan fingerprint density at radius 1 is 0.596 bits per heavy atom. The van der Waals surface area contributed by atoms with Crippen molar-refractivity contribution in [3.8, 4) is 22.5 Å². The van der Waals surface area contributed by atoms with E-state index in [1.54, 1.807) is 34.4 Å². The van der Waals surface area contributed by atoms with E-state index in [0.29, 0.717) is 0 Å². The number of aromatic nitrogens is 8. The quantitative estimate of drug-likeness (QED) is 0.179. The van der Waals surface area contributed by atoms with Crippen LogP contribution in [-0.4, -0.2) is 40.0 Å². The molecule has 2 aliphatic rings. The van der Waals surface area contributed by atoms with Crippen LogP contribution in [0.2, 0.25) is 0 Å². The highest BCUT2D eigenvalue weighted by Crippen LogP contribution is 2.53. The average molecular weight is 742 g/mol. The largest absolute Gasteiger partial charge is 0.265 e. The molecule has 3 aromatic carbocycles. The van der Waals surface area contributed by atoms with Gasteiger partial charge in [-0.05, 0) is 121 Å². The molecule has 8 nitrogen and oxygen atoms in total. The maximum Gasteiger partial charge on any atom is 0.128 e. The number of hydrogen-bond acceptors (Lipinski definition) is 6. The van der Waals surface area contributed by atoms with Crippen LogP contribution in [0.25, 0.3) is 55.7 Å². The van der Waals surface area contributed by atoms with E-state index in [1.165, 1.54) is 27.8 Å². The summed E-state index contributed by atoms with van der Waals surface area (Å²) < 4.78 is 1.84. The molecule has 0 N–H and O–H groups in total. The van der Waals surface area contributed by atoms with Crippen molar-refractivity contribution >= 4 is 65.1 Å². The van der Waals surface area contributed by atoms with Crippen LogP contribution in [-0.2, 0) is 5.41 Å². The van der Waals surface area contributed by atoms with Gasteiger partial charge in [0.1, 0.15) is 22.1 Å². The highest BCUT2D eigenvalue weighted by Gasteiger charge is 2.38. The monoisotopic (exact) mass is 740 g/mol. The van der Waals surface area contributed by atoms with Gasteiger partial charge in [-0.15, -0.1) is 20.4 Å². The Morgan fingerprint density at radius 3 is 1.74 bits per heavy atom. The normalized spacial score (nSPS) is 15.3. The molecule has 10 heteroatoms. The van der Waals surface area contributed by atoms with Gasteiger partial charge in [-0.3, -0.25) is 9.97 Å². The molecule has 2 aliphatic carbocycles. The Kier molecular flexibility index (Phi) is 6.42. The predicted octanol–water partition coefficient (Wildman–Crippen LogP) is 9.06. The first-order valence-electron chi connectivity index (χ1n) is 15.4. The van der Waals surface area contributed by atoms with Gasteiger partial charge in [-0.1, -0.05) is 44.2 Å². The molecule has 0 radical (unpaired) electrons. The van der Waals surface area contributed by atoms with E-state index in [9.17, 15) is 0 Å². The third-order valence-corrected chi connectivity index (χ3v) is 10.7. The molecule has 0 spiro atoms. The lowest BCUT2D eigenvalue weighted by molar-refractivity contribution is 0.652. The Hall–Kier alpha value is -4.80. The van der Waals surface area contributed by atoms with Gasteiger partial charge in [-0.25, -0.2) is 0 Å². The van der Waals surface area contributed by atoms with Crippen molar-refractivity contribution in [1.29, 1.82) is 0 Å². The van der Waals surface area contributed by atoms with E-state index in [-0.39, 0.29) is 5.41 Å². The van der Waals surface area contributed by atoms with Gasteiger partial charge in [-0.2, -0.15) is 9.59 Å². The van der Waals surface area contributed by atoms with E-state index in [0.717, 1.165) is 71.9 Å². The summed E-state index contributed by atoms with van der Waals surface area (Å²) in [6, 6.07) is 23.0. The van der Waals surface area contributed by atoms with Gasteiger partial charge < -0.3 is 0 Å². The summed E-state index contributed by atoms with van der Waals surface area (Å²) in [5.41, 5.74) is 15.0. The van der Waals surface area contributed by atoms with Gasteiger partial charge in [0.2, 0.25) is 0 Å². The SMILES string of the molecule is CC1(C)C2=C(CCC(c3ccc(Br)c4nn(-c5ccncc5)nc34)=C2)c2ccc(-c3ccc(Br)c4nn(-c5ccncc5)nc34)cc21. The molecule has 0 amide bonds. The van der Waals surface area contributed by atoms with Crippen molar-refractivity contribution in [3.05, 3.63) is 129 Å². The number of fused-ring (bicyclic) bond motifs is 4. The van der Waals surface area contributed by atoms with Crippen LogP contribution in [0.3, 0.4) is 0 Å². The van der Waals surface area contributed by atoms with E-state index >= 15 is 0 Å². The fourth-order valence-corrected chi connectivity index (χ4v) is 7.82. The van der Waals surface area contributed by atoms with Crippen LogP contribution < -0.4 is 0 Å². The third-order valence-electron chi connectivity index (χ3n) is 9.41. The molecule has 228 valence electrons. The summed E-state index contributed by atoms with van der Waals surface area (Å²) in [5.74, 6) is 0. The van der Waals surface area contributed by atoms with Gasteiger partial charge in [0.25, 0.3) is 0 Å². The van der Waals surface area contributed by atoms with Crippen LogP contribution in [0.5, 0.6) is 0 Å². The minimum atomic E-state index is -0.182. The summed E-state index contributed by atoms with van der Waals surface area (Å²) in [5, 5.41) is 19.5. The first kappa shape index (κ1) is 28.4. The molecular weight excluding hydrogens is 716 g/mol. The lowest BCUT2D eigenvalue weighted by atomic mass is 9.77. The van der Waals surface area contributed by atoms with E-state index < -0.39 is 0 Å². The van der Waals surface area contributed by atoms with Crippen molar-refractivity contribution < 1.29 is 0 Å². The van der Waals surface area contributed by atoms with Crippen molar-refractivity contribution in [3.63, 3.8) is 0 Å². The van der Waals surface area contributed by atoms with Gasteiger partial charge in [0.05, 0.1) is 11.4 Å². The van der Waals surface area contributed by atoms with Crippen molar-refractivity contribution in [1.82, 2.24) is 40.0 Å². The molecule has 4 heterocycles. The summed E-state index contributed by atoms with van der Waals surface area (Å²) in [7, 11) is 0. The lowest BCUT2D eigenvalue weighted by Gasteiger charge is -2.26. The number of allylic oxidation sites excluding steroid dienone is 4. The van der Waals surface area contributed by atoms with Crippen LogP contribution >= 0.6 is 31.9 Å². The molecule has 7 aromatic rings. The number of nitrogens with zero attached hydrogens (tertiary/aromatic N) is 8. The molecule has 4 aromatic heterocycles. The second-order valence-electron chi connectivity index (χ2n) is 12.4. The Bertz CT molecular complexity index is 2460. The molecule has 0 bridgehead atoms. The number of hydrogen-bond donors (Lipinski definition) is 0.